The first kappa shape index (κ1) is 17.7. The summed E-state index contributed by atoms with van der Waals surface area (Å²) < 4.78 is 38.1. The minimum Gasteiger partial charge on any atom is -0.481 e. The molecule has 1 aliphatic carbocycles. The first-order chi connectivity index (χ1) is 11.7. The van der Waals surface area contributed by atoms with Gasteiger partial charge in [0, 0.05) is 18.8 Å². The summed E-state index contributed by atoms with van der Waals surface area (Å²) >= 11 is 0. The number of fused-ring (bicyclic) bond motifs is 1. The molecule has 5 nitrogen and oxygen atoms in total. The molecule has 0 bridgehead atoms. The number of carboxylic acids is 1. The van der Waals surface area contributed by atoms with Crippen LogP contribution in [0.15, 0.2) is 24.3 Å². The van der Waals surface area contributed by atoms with Gasteiger partial charge in [-0.1, -0.05) is 12.5 Å². The van der Waals surface area contributed by atoms with Gasteiger partial charge in [0.1, 0.15) is 0 Å². The van der Waals surface area contributed by atoms with E-state index >= 15 is 0 Å². The zero-order valence-corrected chi connectivity index (χ0v) is 13.5. The highest BCUT2D eigenvalue weighted by Gasteiger charge is 2.54. The van der Waals surface area contributed by atoms with E-state index in [-0.39, 0.29) is 18.2 Å². The van der Waals surface area contributed by atoms with Gasteiger partial charge in [0.2, 0.25) is 5.91 Å². The van der Waals surface area contributed by atoms with Gasteiger partial charge in [-0.3, -0.25) is 14.5 Å². The molecule has 1 aliphatic heterocycles. The number of amides is 1. The van der Waals surface area contributed by atoms with Crippen molar-refractivity contribution in [1.82, 2.24) is 4.90 Å². The summed E-state index contributed by atoms with van der Waals surface area (Å²) in [6.07, 6.45) is -2.15. The summed E-state index contributed by atoms with van der Waals surface area (Å²) in [4.78, 5) is 25.5. The summed E-state index contributed by atoms with van der Waals surface area (Å²) in [5.41, 5.74) is -1.53. The zero-order chi connectivity index (χ0) is 18.2. The van der Waals surface area contributed by atoms with Gasteiger partial charge in [0.15, 0.2) is 0 Å². The predicted molar refractivity (Wildman–Crippen MR) is 83.9 cm³/mol. The normalized spacial score (nSPS) is 26.4. The molecule has 8 heteroatoms. The number of carbonyl (C=O) groups is 2. The number of nitrogens with one attached hydrogen (secondary N) is 1. The topological polar surface area (TPSA) is 69.6 Å². The van der Waals surface area contributed by atoms with Gasteiger partial charge >= 0.3 is 12.1 Å². The lowest BCUT2D eigenvalue weighted by atomic mass is 9.81. The molecular formula is C17H19F3N2O3. The van der Waals surface area contributed by atoms with Gasteiger partial charge in [-0.15, -0.1) is 0 Å². The molecule has 0 radical (unpaired) electrons. The minimum absolute atomic E-state index is 0.0260. The molecule has 0 aromatic heterocycles. The second-order valence-corrected chi connectivity index (χ2v) is 6.85. The van der Waals surface area contributed by atoms with Crippen LogP contribution in [0, 0.1) is 11.3 Å². The zero-order valence-electron chi connectivity index (χ0n) is 13.5. The lowest BCUT2D eigenvalue weighted by Crippen LogP contribution is -2.37. The Morgan fingerprint density at radius 1 is 1.36 bits per heavy atom. The Morgan fingerprint density at radius 2 is 2.12 bits per heavy atom. The van der Waals surface area contributed by atoms with Gasteiger partial charge in [-0.25, -0.2) is 0 Å². The van der Waals surface area contributed by atoms with E-state index < -0.39 is 29.0 Å². The number of halogens is 3. The number of alkyl halides is 3. The van der Waals surface area contributed by atoms with Crippen molar-refractivity contribution in [3.8, 4) is 0 Å². The second-order valence-electron chi connectivity index (χ2n) is 6.85. The third-order valence-electron chi connectivity index (χ3n) is 5.21. The Morgan fingerprint density at radius 3 is 2.76 bits per heavy atom. The van der Waals surface area contributed by atoms with Gasteiger partial charge in [-0.05, 0) is 37.0 Å². The van der Waals surface area contributed by atoms with Crippen molar-refractivity contribution in [3.63, 3.8) is 0 Å². The maximum atomic E-state index is 12.7. The largest absolute Gasteiger partial charge is 0.481 e. The standard InChI is InChI=1S/C17H19F3N2O3/c18-17(19,20)11-3-1-5-13(7-11)21-14(23)9-22-8-12-4-2-6-16(12,10-22)15(24)25/h1,3,5,7,12H,2,4,6,8-10H2,(H,21,23)(H,24,25)/t12-,16+/m0/s1. The Kier molecular flexibility index (Phi) is 4.49. The fourth-order valence-corrected chi connectivity index (χ4v) is 4.04. The summed E-state index contributed by atoms with van der Waals surface area (Å²) in [5.74, 6) is -1.23. The average Bonchev–Trinajstić information content (AvgIpc) is 3.04. The molecule has 2 aliphatic rings. The van der Waals surface area contributed by atoms with Crippen LogP contribution in [0.25, 0.3) is 0 Å². The molecule has 1 aromatic rings. The molecule has 2 N–H and O–H groups in total. The molecule has 136 valence electrons. The number of likely N-dealkylation sites (tertiary alicyclic amines) is 1. The number of carbonyl (C=O) groups excluding carboxylic acids is 1. The van der Waals surface area contributed by atoms with E-state index in [0.717, 1.165) is 25.0 Å². The highest BCUT2D eigenvalue weighted by molar-refractivity contribution is 5.92. The number of hydrogen-bond donors (Lipinski definition) is 2. The first-order valence-electron chi connectivity index (χ1n) is 8.13. The summed E-state index contributed by atoms with van der Waals surface area (Å²) in [6, 6.07) is 4.45. The third kappa shape index (κ3) is 3.49. The minimum atomic E-state index is -4.47. The lowest BCUT2D eigenvalue weighted by Gasteiger charge is -2.23. The number of benzene rings is 1. The van der Waals surface area contributed by atoms with E-state index in [4.69, 9.17) is 0 Å². The number of hydrogen-bond acceptors (Lipinski definition) is 3. The molecule has 0 unspecified atom stereocenters. The number of nitrogens with zero attached hydrogens (tertiary/aromatic N) is 1. The Hall–Kier alpha value is -2.09. The van der Waals surface area contributed by atoms with Crippen molar-refractivity contribution in [1.29, 1.82) is 0 Å². The van der Waals surface area contributed by atoms with E-state index in [9.17, 15) is 27.9 Å². The smallest absolute Gasteiger partial charge is 0.416 e. The fourth-order valence-electron chi connectivity index (χ4n) is 4.04. The summed E-state index contributed by atoms with van der Waals surface area (Å²) in [7, 11) is 0. The third-order valence-corrected chi connectivity index (χ3v) is 5.21. The van der Waals surface area contributed by atoms with Crippen molar-refractivity contribution >= 4 is 17.6 Å². The van der Waals surface area contributed by atoms with Crippen LogP contribution in [-0.4, -0.2) is 41.5 Å². The van der Waals surface area contributed by atoms with Crippen LogP contribution < -0.4 is 5.32 Å². The van der Waals surface area contributed by atoms with Gasteiger partial charge in [0.25, 0.3) is 0 Å². The number of carboxylic acid groups (broad SMARTS) is 1. The second kappa shape index (κ2) is 6.33. The SMILES string of the molecule is O=C(CN1C[C@@H]2CCC[C@@]2(C(=O)O)C1)Nc1cccc(C(F)(F)F)c1. The average molecular weight is 356 g/mol. The quantitative estimate of drug-likeness (QED) is 0.870. The van der Waals surface area contributed by atoms with Crippen LogP contribution in [0.1, 0.15) is 24.8 Å². The monoisotopic (exact) mass is 356 g/mol. The first-order valence-corrected chi connectivity index (χ1v) is 8.13. The summed E-state index contributed by atoms with van der Waals surface area (Å²) in [5, 5.41) is 12.0. The molecule has 1 aromatic carbocycles. The fraction of sp³-hybridized carbons (Fsp3) is 0.529. The van der Waals surface area contributed by atoms with E-state index in [0.29, 0.717) is 19.5 Å². The van der Waals surface area contributed by atoms with Crippen LogP contribution in [0.3, 0.4) is 0 Å². The Bertz CT molecular complexity index is 692. The number of anilines is 1. The van der Waals surface area contributed by atoms with Crippen LogP contribution in [-0.2, 0) is 15.8 Å². The molecule has 2 atom stereocenters. The van der Waals surface area contributed by atoms with Gasteiger partial charge in [0.05, 0.1) is 17.5 Å². The van der Waals surface area contributed by atoms with E-state index in [2.05, 4.69) is 5.32 Å². The highest BCUT2D eigenvalue weighted by atomic mass is 19.4. The van der Waals surface area contributed by atoms with Crippen molar-refractivity contribution in [2.45, 2.75) is 25.4 Å². The maximum absolute atomic E-state index is 12.7. The van der Waals surface area contributed by atoms with Gasteiger partial charge < -0.3 is 10.4 Å². The number of aliphatic carboxylic acids is 1. The van der Waals surface area contributed by atoms with Crippen molar-refractivity contribution in [2.24, 2.45) is 11.3 Å². The predicted octanol–water partition coefficient (Wildman–Crippen LogP) is 2.83. The van der Waals surface area contributed by atoms with E-state index in [1.165, 1.54) is 12.1 Å². The van der Waals surface area contributed by atoms with E-state index in [1.54, 1.807) is 4.90 Å². The van der Waals surface area contributed by atoms with Crippen molar-refractivity contribution < 1.29 is 27.9 Å². The van der Waals surface area contributed by atoms with Crippen LogP contribution in [0.2, 0.25) is 0 Å². The van der Waals surface area contributed by atoms with Crippen LogP contribution in [0.5, 0.6) is 0 Å². The van der Waals surface area contributed by atoms with E-state index in [1.807, 2.05) is 0 Å². The molecular weight excluding hydrogens is 337 g/mol. The van der Waals surface area contributed by atoms with Crippen LogP contribution >= 0.6 is 0 Å². The molecule has 3 rings (SSSR count). The summed E-state index contributed by atoms with van der Waals surface area (Å²) in [6.45, 7) is 0.813. The Balaban J connectivity index is 1.62. The molecule has 1 amide bonds. The Labute approximate surface area is 142 Å². The van der Waals surface area contributed by atoms with Crippen molar-refractivity contribution in [3.05, 3.63) is 29.8 Å². The molecule has 0 spiro atoms. The highest BCUT2D eigenvalue weighted by Crippen LogP contribution is 2.48. The molecule has 2 fully saturated rings. The molecule has 1 saturated carbocycles. The van der Waals surface area contributed by atoms with Crippen molar-refractivity contribution in [2.75, 3.05) is 25.0 Å². The maximum Gasteiger partial charge on any atom is 0.416 e. The molecule has 1 heterocycles. The number of rotatable bonds is 4. The molecule has 1 saturated heterocycles. The van der Waals surface area contributed by atoms with Crippen LogP contribution in [0.4, 0.5) is 18.9 Å². The van der Waals surface area contributed by atoms with Gasteiger partial charge in [-0.2, -0.15) is 13.2 Å². The molecule has 25 heavy (non-hydrogen) atoms. The lowest BCUT2D eigenvalue weighted by molar-refractivity contribution is -0.149.